The minimum atomic E-state index is 0.650. The lowest BCUT2D eigenvalue weighted by Gasteiger charge is -2.13. The van der Waals surface area contributed by atoms with Gasteiger partial charge in [0, 0.05) is 26.7 Å². The monoisotopic (exact) mass is 323 g/mol. The third-order valence-corrected chi connectivity index (χ3v) is 3.31. The number of benzene rings is 1. The molecule has 1 aromatic carbocycles. The fourth-order valence-electron chi connectivity index (χ4n) is 1.99. The molecule has 0 amide bonds. The Balaban J connectivity index is 2.37. The first-order chi connectivity index (χ1) is 11.2. The molecule has 0 fully saturated rings. The summed E-state index contributed by atoms with van der Waals surface area (Å²) in [5.74, 6) is 2.20. The quantitative estimate of drug-likeness (QED) is 0.392. The van der Waals surface area contributed by atoms with Crippen LogP contribution >= 0.6 is 0 Å². The van der Waals surface area contributed by atoms with Crippen molar-refractivity contribution < 1.29 is 14.2 Å². The SMILES string of the molecule is CCCCOCCNC(=NC)NCc1ccc(OC)c(OC)c1. The zero-order chi connectivity index (χ0) is 16.9. The summed E-state index contributed by atoms with van der Waals surface area (Å²) in [7, 11) is 5.01. The van der Waals surface area contributed by atoms with E-state index in [1.54, 1.807) is 21.3 Å². The number of nitrogens with one attached hydrogen (secondary N) is 2. The summed E-state index contributed by atoms with van der Waals surface area (Å²) in [6.07, 6.45) is 2.26. The van der Waals surface area contributed by atoms with E-state index in [4.69, 9.17) is 14.2 Å². The topological polar surface area (TPSA) is 64.1 Å². The summed E-state index contributed by atoms with van der Waals surface area (Å²) < 4.78 is 16.1. The van der Waals surface area contributed by atoms with Gasteiger partial charge in [0.15, 0.2) is 17.5 Å². The fraction of sp³-hybridized carbons (Fsp3) is 0.588. The average molecular weight is 323 g/mol. The third-order valence-electron chi connectivity index (χ3n) is 3.31. The highest BCUT2D eigenvalue weighted by Crippen LogP contribution is 2.27. The standard InChI is InChI=1S/C17H29N3O3/c1-5-6-10-23-11-9-19-17(18-2)20-13-14-7-8-15(21-3)16(12-14)22-4/h7-8,12H,5-6,9-11,13H2,1-4H3,(H2,18,19,20). The lowest BCUT2D eigenvalue weighted by atomic mass is 10.2. The highest BCUT2D eigenvalue weighted by molar-refractivity contribution is 5.79. The van der Waals surface area contributed by atoms with Gasteiger partial charge in [0.05, 0.1) is 20.8 Å². The second-order valence-corrected chi connectivity index (χ2v) is 5.01. The summed E-state index contributed by atoms with van der Waals surface area (Å²) in [4.78, 5) is 4.20. The zero-order valence-corrected chi connectivity index (χ0v) is 14.6. The molecule has 0 heterocycles. The van der Waals surface area contributed by atoms with Crippen LogP contribution in [0, 0.1) is 0 Å². The van der Waals surface area contributed by atoms with Crippen LogP contribution in [0.2, 0.25) is 0 Å². The van der Waals surface area contributed by atoms with Gasteiger partial charge in [0.1, 0.15) is 0 Å². The summed E-state index contributed by atoms with van der Waals surface area (Å²) in [6, 6.07) is 5.84. The van der Waals surface area contributed by atoms with E-state index in [1.165, 1.54) is 0 Å². The van der Waals surface area contributed by atoms with Gasteiger partial charge < -0.3 is 24.8 Å². The number of guanidine groups is 1. The van der Waals surface area contributed by atoms with Crippen LogP contribution in [0.4, 0.5) is 0 Å². The van der Waals surface area contributed by atoms with Gasteiger partial charge in [-0.2, -0.15) is 0 Å². The predicted molar refractivity (Wildman–Crippen MR) is 93.5 cm³/mol. The molecule has 0 aliphatic carbocycles. The number of nitrogens with zero attached hydrogens (tertiary/aromatic N) is 1. The largest absolute Gasteiger partial charge is 0.493 e. The molecule has 0 spiro atoms. The summed E-state index contributed by atoms with van der Waals surface area (Å²) in [5.41, 5.74) is 1.09. The molecule has 1 aromatic rings. The predicted octanol–water partition coefficient (Wildman–Crippen LogP) is 2.19. The molecule has 0 unspecified atom stereocenters. The van der Waals surface area contributed by atoms with E-state index in [1.807, 2.05) is 18.2 Å². The van der Waals surface area contributed by atoms with Crippen molar-refractivity contribution >= 4 is 5.96 Å². The van der Waals surface area contributed by atoms with E-state index in [0.717, 1.165) is 49.0 Å². The van der Waals surface area contributed by atoms with Crippen LogP contribution in [0.5, 0.6) is 11.5 Å². The Bertz CT molecular complexity index is 478. The average Bonchev–Trinajstić information content (AvgIpc) is 2.60. The number of hydrogen-bond acceptors (Lipinski definition) is 4. The van der Waals surface area contributed by atoms with Gasteiger partial charge in [-0.15, -0.1) is 0 Å². The number of rotatable bonds is 10. The van der Waals surface area contributed by atoms with Crippen LogP contribution in [0.1, 0.15) is 25.3 Å². The Morgan fingerprint density at radius 2 is 1.87 bits per heavy atom. The minimum Gasteiger partial charge on any atom is -0.493 e. The first-order valence-corrected chi connectivity index (χ1v) is 7.98. The molecule has 6 heteroatoms. The molecule has 0 radical (unpaired) electrons. The van der Waals surface area contributed by atoms with Crippen molar-refractivity contribution in [3.8, 4) is 11.5 Å². The van der Waals surface area contributed by atoms with Crippen LogP contribution in [0.15, 0.2) is 23.2 Å². The van der Waals surface area contributed by atoms with Crippen LogP contribution in [-0.4, -0.2) is 47.0 Å². The van der Waals surface area contributed by atoms with Crippen molar-refractivity contribution in [2.24, 2.45) is 4.99 Å². The van der Waals surface area contributed by atoms with Crippen LogP contribution in [-0.2, 0) is 11.3 Å². The van der Waals surface area contributed by atoms with Crippen molar-refractivity contribution in [2.75, 3.05) is 41.0 Å². The molecule has 6 nitrogen and oxygen atoms in total. The van der Waals surface area contributed by atoms with Crippen LogP contribution < -0.4 is 20.1 Å². The van der Waals surface area contributed by atoms with Crippen LogP contribution in [0.25, 0.3) is 0 Å². The molecule has 0 atom stereocenters. The molecular weight excluding hydrogens is 294 g/mol. The third kappa shape index (κ3) is 7.23. The molecule has 2 N–H and O–H groups in total. The molecule has 0 aromatic heterocycles. The van der Waals surface area contributed by atoms with Crippen molar-refractivity contribution in [1.82, 2.24) is 10.6 Å². The van der Waals surface area contributed by atoms with Gasteiger partial charge >= 0.3 is 0 Å². The van der Waals surface area contributed by atoms with Gasteiger partial charge in [0.2, 0.25) is 0 Å². The molecule has 0 bridgehead atoms. The Kier molecular flexibility index (Phi) is 9.63. The summed E-state index contributed by atoms with van der Waals surface area (Å²) in [6.45, 7) is 5.03. The fourth-order valence-corrected chi connectivity index (χ4v) is 1.99. The molecule has 0 aliphatic rings. The molecule has 0 saturated heterocycles. The highest BCUT2D eigenvalue weighted by Gasteiger charge is 2.05. The first-order valence-electron chi connectivity index (χ1n) is 7.98. The Morgan fingerprint density at radius 1 is 1.09 bits per heavy atom. The highest BCUT2D eigenvalue weighted by atomic mass is 16.5. The lowest BCUT2D eigenvalue weighted by Crippen LogP contribution is -2.38. The number of ether oxygens (including phenoxy) is 3. The van der Waals surface area contributed by atoms with Gasteiger partial charge in [-0.25, -0.2) is 0 Å². The molecular formula is C17H29N3O3. The van der Waals surface area contributed by atoms with Crippen molar-refractivity contribution in [2.45, 2.75) is 26.3 Å². The summed E-state index contributed by atoms with van der Waals surface area (Å²) in [5, 5.41) is 6.49. The van der Waals surface area contributed by atoms with E-state index < -0.39 is 0 Å². The normalized spacial score (nSPS) is 11.2. The van der Waals surface area contributed by atoms with Crippen molar-refractivity contribution in [3.63, 3.8) is 0 Å². The Morgan fingerprint density at radius 3 is 2.52 bits per heavy atom. The van der Waals surface area contributed by atoms with Gasteiger partial charge in [-0.05, 0) is 24.1 Å². The maximum absolute atomic E-state index is 5.51. The van der Waals surface area contributed by atoms with E-state index in [-0.39, 0.29) is 0 Å². The molecule has 1 rings (SSSR count). The lowest BCUT2D eigenvalue weighted by molar-refractivity contribution is 0.136. The van der Waals surface area contributed by atoms with Gasteiger partial charge in [-0.1, -0.05) is 19.4 Å². The number of aliphatic imine (C=N–C) groups is 1. The second-order valence-electron chi connectivity index (χ2n) is 5.01. The molecule has 130 valence electrons. The number of unbranched alkanes of at least 4 members (excludes halogenated alkanes) is 1. The maximum atomic E-state index is 5.51. The zero-order valence-electron chi connectivity index (χ0n) is 14.6. The summed E-state index contributed by atoms with van der Waals surface area (Å²) >= 11 is 0. The van der Waals surface area contributed by atoms with Gasteiger partial charge in [0.25, 0.3) is 0 Å². The van der Waals surface area contributed by atoms with E-state index >= 15 is 0 Å². The van der Waals surface area contributed by atoms with E-state index in [0.29, 0.717) is 13.2 Å². The second kappa shape index (κ2) is 11.6. The first kappa shape index (κ1) is 19.1. The van der Waals surface area contributed by atoms with Gasteiger partial charge in [-0.3, -0.25) is 4.99 Å². The number of hydrogen-bond donors (Lipinski definition) is 2. The minimum absolute atomic E-state index is 0.650. The number of methoxy groups -OCH3 is 2. The van der Waals surface area contributed by atoms with Crippen molar-refractivity contribution in [3.05, 3.63) is 23.8 Å². The Hall–Kier alpha value is -1.95. The van der Waals surface area contributed by atoms with Crippen LogP contribution in [0.3, 0.4) is 0 Å². The molecule has 0 aliphatic heterocycles. The van der Waals surface area contributed by atoms with E-state index in [9.17, 15) is 0 Å². The molecule has 23 heavy (non-hydrogen) atoms. The molecule has 0 saturated carbocycles. The van der Waals surface area contributed by atoms with Crippen molar-refractivity contribution in [1.29, 1.82) is 0 Å². The maximum Gasteiger partial charge on any atom is 0.191 e. The Labute approximate surface area is 139 Å². The van der Waals surface area contributed by atoms with E-state index in [2.05, 4.69) is 22.5 Å². The smallest absolute Gasteiger partial charge is 0.191 e.